The van der Waals surface area contributed by atoms with Crippen molar-refractivity contribution >= 4 is 61.8 Å². The number of halogens is 4. The highest BCUT2D eigenvalue weighted by atomic mass is 79.9. The molecule has 0 spiro atoms. The van der Waals surface area contributed by atoms with Crippen molar-refractivity contribution in [1.29, 1.82) is 0 Å². The van der Waals surface area contributed by atoms with Crippen LogP contribution in [0.5, 0.6) is 0 Å². The third kappa shape index (κ3) is 2.44. The highest BCUT2D eigenvalue weighted by Gasteiger charge is 2.14. The van der Waals surface area contributed by atoms with Gasteiger partial charge >= 0.3 is 0 Å². The minimum atomic E-state index is 0.287. The lowest BCUT2D eigenvalue weighted by Crippen LogP contribution is -2.00. The minimum absolute atomic E-state index is 0.287. The molecule has 0 atom stereocenters. The Bertz CT molecular complexity index is 798. The number of alkyl halides is 1. The van der Waals surface area contributed by atoms with Crippen molar-refractivity contribution < 1.29 is 0 Å². The van der Waals surface area contributed by atoms with Gasteiger partial charge in [0, 0.05) is 9.50 Å². The summed E-state index contributed by atoms with van der Waals surface area (Å²) in [6.45, 7) is 0. The summed E-state index contributed by atoms with van der Waals surface area (Å²) in [6.07, 6.45) is 0. The molecule has 20 heavy (non-hydrogen) atoms. The minimum Gasteiger partial charge on any atom is -0.294 e. The van der Waals surface area contributed by atoms with Gasteiger partial charge in [-0.3, -0.25) is 4.57 Å². The Morgan fingerprint density at radius 3 is 2.65 bits per heavy atom. The molecule has 0 bridgehead atoms. The molecular formula is C14H8BrCl3N2. The van der Waals surface area contributed by atoms with Crippen LogP contribution in [0, 0.1) is 0 Å². The fourth-order valence-corrected chi connectivity index (χ4v) is 3.01. The van der Waals surface area contributed by atoms with E-state index in [4.69, 9.17) is 34.8 Å². The normalized spacial score (nSPS) is 11.2. The first-order chi connectivity index (χ1) is 9.60. The van der Waals surface area contributed by atoms with Gasteiger partial charge in [-0.1, -0.05) is 39.1 Å². The molecule has 0 fully saturated rings. The van der Waals surface area contributed by atoms with Gasteiger partial charge in [-0.15, -0.1) is 11.6 Å². The molecule has 0 aliphatic rings. The van der Waals surface area contributed by atoms with Crippen LogP contribution >= 0.6 is 50.7 Å². The number of imidazole rings is 1. The highest BCUT2D eigenvalue weighted by molar-refractivity contribution is 9.10. The predicted octanol–water partition coefficient (Wildman–Crippen LogP) is 5.83. The average Bonchev–Trinajstić information content (AvgIpc) is 2.79. The van der Waals surface area contributed by atoms with E-state index >= 15 is 0 Å². The number of nitrogens with zero attached hydrogens (tertiary/aromatic N) is 2. The van der Waals surface area contributed by atoms with E-state index in [0.717, 1.165) is 27.0 Å². The van der Waals surface area contributed by atoms with E-state index in [2.05, 4.69) is 20.9 Å². The Morgan fingerprint density at radius 2 is 1.90 bits per heavy atom. The third-order valence-electron chi connectivity index (χ3n) is 2.95. The van der Waals surface area contributed by atoms with Crippen molar-refractivity contribution in [3.05, 3.63) is 56.7 Å². The van der Waals surface area contributed by atoms with Crippen LogP contribution in [0.15, 0.2) is 40.9 Å². The summed E-state index contributed by atoms with van der Waals surface area (Å²) >= 11 is 21.9. The number of rotatable bonds is 2. The quantitative estimate of drug-likeness (QED) is 0.503. The van der Waals surface area contributed by atoms with Gasteiger partial charge in [0.25, 0.3) is 0 Å². The zero-order chi connectivity index (χ0) is 14.3. The molecule has 1 aromatic heterocycles. The van der Waals surface area contributed by atoms with Crippen molar-refractivity contribution in [2.75, 3.05) is 0 Å². The van der Waals surface area contributed by atoms with E-state index in [9.17, 15) is 0 Å². The maximum Gasteiger partial charge on any atom is 0.129 e. The molecule has 2 nitrogen and oxygen atoms in total. The van der Waals surface area contributed by atoms with Gasteiger partial charge in [0.05, 0.1) is 27.6 Å². The lowest BCUT2D eigenvalue weighted by atomic mass is 10.2. The average molecular weight is 390 g/mol. The van der Waals surface area contributed by atoms with E-state index in [1.54, 1.807) is 0 Å². The molecule has 102 valence electrons. The second kappa shape index (κ2) is 5.57. The van der Waals surface area contributed by atoms with Gasteiger partial charge < -0.3 is 0 Å². The van der Waals surface area contributed by atoms with Crippen LogP contribution in [0.2, 0.25) is 10.0 Å². The van der Waals surface area contributed by atoms with Crippen LogP contribution in [0.4, 0.5) is 0 Å². The summed E-state index contributed by atoms with van der Waals surface area (Å²) in [5.41, 5.74) is 2.54. The summed E-state index contributed by atoms with van der Waals surface area (Å²) in [5, 5.41) is 1.27. The van der Waals surface area contributed by atoms with E-state index in [1.165, 1.54) is 0 Å². The van der Waals surface area contributed by atoms with E-state index < -0.39 is 0 Å². The first kappa shape index (κ1) is 14.2. The molecule has 3 rings (SSSR count). The van der Waals surface area contributed by atoms with Gasteiger partial charge in [-0.25, -0.2) is 4.98 Å². The molecule has 3 aromatic rings. The fraction of sp³-hybridized carbons (Fsp3) is 0.0714. The predicted molar refractivity (Wildman–Crippen MR) is 88.3 cm³/mol. The number of fused-ring (bicyclic) bond motifs is 1. The largest absolute Gasteiger partial charge is 0.294 e. The third-order valence-corrected chi connectivity index (χ3v) is 4.24. The molecule has 0 saturated carbocycles. The Labute approximate surface area is 139 Å². The van der Waals surface area contributed by atoms with E-state index in [-0.39, 0.29) is 5.88 Å². The topological polar surface area (TPSA) is 17.8 Å². The molecule has 2 aromatic carbocycles. The Kier molecular flexibility index (Phi) is 3.95. The summed E-state index contributed by atoms with van der Waals surface area (Å²) in [7, 11) is 0. The van der Waals surface area contributed by atoms with Crippen LogP contribution in [0.1, 0.15) is 5.82 Å². The maximum absolute atomic E-state index is 6.31. The smallest absolute Gasteiger partial charge is 0.129 e. The molecule has 0 saturated heterocycles. The van der Waals surface area contributed by atoms with Gasteiger partial charge in [0.2, 0.25) is 0 Å². The maximum atomic E-state index is 6.31. The molecule has 0 unspecified atom stereocenters. The number of benzene rings is 2. The van der Waals surface area contributed by atoms with Crippen molar-refractivity contribution in [1.82, 2.24) is 9.55 Å². The summed E-state index contributed by atoms with van der Waals surface area (Å²) < 4.78 is 2.86. The van der Waals surface area contributed by atoms with Gasteiger partial charge in [-0.2, -0.15) is 0 Å². The summed E-state index contributed by atoms with van der Waals surface area (Å²) in [5.74, 6) is 1.01. The molecule has 0 amide bonds. The monoisotopic (exact) mass is 388 g/mol. The lowest BCUT2D eigenvalue weighted by molar-refractivity contribution is 0.981. The second-order valence-electron chi connectivity index (χ2n) is 4.23. The lowest BCUT2D eigenvalue weighted by Gasteiger charge is -2.10. The first-order valence-corrected chi connectivity index (χ1v) is 7.87. The SMILES string of the molecule is ClCc1nc2ccc(Cl)cc2n1-c1cc(Br)ccc1Cl. The van der Waals surface area contributed by atoms with Crippen molar-refractivity contribution in [2.45, 2.75) is 5.88 Å². The van der Waals surface area contributed by atoms with Crippen molar-refractivity contribution in [3.63, 3.8) is 0 Å². The summed E-state index contributed by atoms with van der Waals surface area (Å²) in [6, 6.07) is 11.2. The molecular weight excluding hydrogens is 382 g/mol. The Morgan fingerprint density at radius 1 is 1.10 bits per heavy atom. The van der Waals surface area contributed by atoms with E-state index in [1.807, 2.05) is 41.0 Å². The molecule has 1 heterocycles. The highest BCUT2D eigenvalue weighted by Crippen LogP contribution is 2.31. The fourth-order valence-electron chi connectivity index (χ4n) is 2.11. The standard InChI is InChI=1S/C14H8BrCl3N2/c15-8-1-3-10(18)12(5-8)20-13-6-9(17)2-4-11(13)19-14(20)7-16/h1-6H,7H2. The number of hydrogen-bond acceptors (Lipinski definition) is 1. The van der Waals surface area contributed by atoms with Crippen LogP contribution in [0.3, 0.4) is 0 Å². The Hall–Kier alpha value is -0.740. The second-order valence-corrected chi connectivity index (χ2v) is 6.25. The number of hydrogen-bond donors (Lipinski definition) is 0. The first-order valence-electron chi connectivity index (χ1n) is 5.78. The Balaban J connectivity index is 2.39. The van der Waals surface area contributed by atoms with E-state index in [0.29, 0.717) is 10.0 Å². The number of aromatic nitrogens is 2. The van der Waals surface area contributed by atoms with Crippen LogP contribution < -0.4 is 0 Å². The van der Waals surface area contributed by atoms with Crippen LogP contribution in [-0.2, 0) is 5.88 Å². The van der Waals surface area contributed by atoms with Crippen LogP contribution in [0.25, 0.3) is 16.7 Å². The summed E-state index contributed by atoms with van der Waals surface area (Å²) in [4.78, 5) is 4.52. The van der Waals surface area contributed by atoms with Crippen molar-refractivity contribution in [2.24, 2.45) is 0 Å². The molecule has 0 radical (unpaired) electrons. The van der Waals surface area contributed by atoms with Gasteiger partial charge in [-0.05, 0) is 36.4 Å². The van der Waals surface area contributed by atoms with Gasteiger partial charge in [0.15, 0.2) is 0 Å². The molecule has 6 heteroatoms. The zero-order valence-electron chi connectivity index (χ0n) is 10.1. The van der Waals surface area contributed by atoms with Gasteiger partial charge in [0.1, 0.15) is 5.82 Å². The van der Waals surface area contributed by atoms with Crippen LogP contribution in [-0.4, -0.2) is 9.55 Å². The molecule has 0 N–H and O–H groups in total. The molecule has 0 aliphatic heterocycles. The molecule has 0 aliphatic carbocycles. The zero-order valence-corrected chi connectivity index (χ0v) is 13.9. The van der Waals surface area contributed by atoms with Crippen molar-refractivity contribution in [3.8, 4) is 5.69 Å².